The van der Waals surface area contributed by atoms with Gasteiger partial charge >= 0.3 is 0 Å². The highest BCUT2D eigenvalue weighted by Gasteiger charge is 2.51. The summed E-state index contributed by atoms with van der Waals surface area (Å²) in [7, 11) is 0. The second kappa shape index (κ2) is 4.92. The summed E-state index contributed by atoms with van der Waals surface area (Å²) in [5.74, 6) is 0.646. The molecule has 120 valence electrons. The number of nitrogens with one attached hydrogen (secondary N) is 1. The van der Waals surface area contributed by atoms with Crippen LogP contribution in [0.4, 0.5) is 5.13 Å². The number of fused-ring (bicyclic) bond motifs is 3. The number of nitrogens with zero attached hydrogens (tertiary/aromatic N) is 3. The Hall–Kier alpha value is -1.66. The summed E-state index contributed by atoms with van der Waals surface area (Å²) in [6.45, 7) is 6.35. The first kappa shape index (κ1) is 13.7. The van der Waals surface area contributed by atoms with Crippen LogP contribution >= 0.6 is 11.3 Å². The van der Waals surface area contributed by atoms with Gasteiger partial charge in [0.25, 0.3) is 6.02 Å². The third kappa shape index (κ3) is 2.16. The van der Waals surface area contributed by atoms with Gasteiger partial charge in [0.2, 0.25) is 0 Å². The number of hydrogen-bond donors (Lipinski definition) is 1. The van der Waals surface area contributed by atoms with Gasteiger partial charge in [0.15, 0.2) is 5.13 Å². The first-order valence-corrected chi connectivity index (χ1v) is 9.13. The van der Waals surface area contributed by atoms with Crippen molar-refractivity contribution in [2.24, 2.45) is 10.9 Å². The molecular formula is C17H20N4OS. The predicted octanol–water partition coefficient (Wildman–Crippen LogP) is 2.87. The maximum atomic E-state index is 6.32. The molecule has 5 nitrogen and oxygen atoms in total. The van der Waals surface area contributed by atoms with Gasteiger partial charge in [0.05, 0.1) is 16.8 Å². The van der Waals surface area contributed by atoms with E-state index < -0.39 is 0 Å². The van der Waals surface area contributed by atoms with Crippen LogP contribution in [0.3, 0.4) is 0 Å². The van der Waals surface area contributed by atoms with E-state index in [1.807, 2.05) is 6.07 Å². The van der Waals surface area contributed by atoms with E-state index in [4.69, 9.17) is 4.74 Å². The van der Waals surface area contributed by atoms with Crippen molar-refractivity contribution in [3.63, 3.8) is 0 Å². The highest BCUT2D eigenvalue weighted by Crippen LogP contribution is 2.41. The zero-order valence-electron chi connectivity index (χ0n) is 13.2. The van der Waals surface area contributed by atoms with Crippen molar-refractivity contribution in [3.8, 4) is 0 Å². The van der Waals surface area contributed by atoms with E-state index in [1.54, 1.807) is 11.3 Å². The Bertz CT molecular complexity index is 793. The molecule has 0 aliphatic carbocycles. The van der Waals surface area contributed by atoms with Crippen molar-refractivity contribution in [3.05, 3.63) is 23.8 Å². The molecule has 3 fully saturated rings. The monoisotopic (exact) mass is 328 g/mol. The van der Waals surface area contributed by atoms with E-state index in [1.165, 1.54) is 36.2 Å². The maximum absolute atomic E-state index is 6.32. The number of aliphatic imine (C=N–C) groups is 1. The molecule has 1 spiro atoms. The summed E-state index contributed by atoms with van der Waals surface area (Å²) in [5, 5.41) is 4.17. The maximum Gasteiger partial charge on any atom is 0.291 e. The van der Waals surface area contributed by atoms with E-state index in [2.05, 4.69) is 39.2 Å². The number of amidine groups is 1. The van der Waals surface area contributed by atoms with Crippen LogP contribution in [0.2, 0.25) is 0 Å². The number of hydrogen-bond acceptors (Lipinski definition) is 6. The number of aromatic nitrogens is 1. The van der Waals surface area contributed by atoms with Gasteiger partial charge in [-0.1, -0.05) is 23.5 Å². The normalized spacial score (nSPS) is 32.3. The molecule has 4 aliphatic rings. The Labute approximate surface area is 139 Å². The predicted molar refractivity (Wildman–Crippen MR) is 93.3 cm³/mol. The Morgan fingerprint density at radius 1 is 1.35 bits per heavy atom. The van der Waals surface area contributed by atoms with Crippen LogP contribution in [-0.4, -0.2) is 47.7 Å². The number of thiazole rings is 1. The molecule has 0 saturated carbocycles. The molecule has 1 aromatic heterocycles. The number of ether oxygens (including phenoxy) is 1. The summed E-state index contributed by atoms with van der Waals surface area (Å²) in [5.41, 5.74) is 2.20. The van der Waals surface area contributed by atoms with Crippen LogP contribution in [0, 0.1) is 12.8 Å². The minimum absolute atomic E-state index is 0.0918. The van der Waals surface area contributed by atoms with Crippen molar-refractivity contribution in [1.82, 2.24) is 9.88 Å². The molecule has 1 N–H and O–H groups in total. The number of rotatable bonds is 1. The molecule has 2 bridgehead atoms. The van der Waals surface area contributed by atoms with Crippen LogP contribution in [0.5, 0.6) is 0 Å². The largest absolute Gasteiger partial charge is 0.455 e. The van der Waals surface area contributed by atoms with Crippen molar-refractivity contribution in [2.75, 3.05) is 31.5 Å². The first-order chi connectivity index (χ1) is 11.2. The van der Waals surface area contributed by atoms with Gasteiger partial charge < -0.3 is 4.74 Å². The summed E-state index contributed by atoms with van der Waals surface area (Å²) >= 11 is 1.67. The van der Waals surface area contributed by atoms with Gasteiger partial charge in [-0.05, 0) is 44.5 Å². The number of aryl methyl sites for hydroxylation is 1. The lowest BCUT2D eigenvalue weighted by Crippen LogP contribution is -2.61. The number of anilines is 1. The highest BCUT2D eigenvalue weighted by molar-refractivity contribution is 7.22. The van der Waals surface area contributed by atoms with E-state index in [0.29, 0.717) is 11.9 Å². The lowest BCUT2D eigenvalue weighted by atomic mass is 9.75. The van der Waals surface area contributed by atoms with Gasteiger partial charge in [-0.25, -0.2) is 9.98 Å². The molecular weight excluding hydrogens is 308 g/mol. The number of piperidine rings is 3. The smallest absolute Gasteiger partial charge is 0.291 e. The van der Waals surface area contributed by atoms with Gasteiger partial charge in [0, 0.05) is 12.5 Å². The van der Waals surface area contributed by atoms with Gasteiger partial charge in [-0.15, -0.1) is 0 Å². The molecule has 4 aliphatic heterocycles. The SMILES string of the molecule is Cc1cccc2nc(NC3=NCC4(CN5CCC4CC5)O3)sc12. The lowest BCUT2D eigenvalue weighted by Gasteiger charge is -2.50. The van der Waals surface area contributed by atoms with Crippen LogP contribution in [0.1, 0.15) is 18.4 Å². The third-order valence-electron chi connectivity index (χ3n) is 5.44. The fourth-order valence-corrected chi connectivity index (χ4v) is 5.10. The molecule has 5 heterocycles. The summed E-state index contributed by atoms with van der Waals surface area (Å²) in [6.07, 6.45) is 2.48. The second-order valence-corrected chi connectivity index (χ2v) is 7.90. The summed E-state index contributed by atoms with van der Waals surface area (Å²) < 4.78 is 7.55. The van der Waals surface area contributed by atoms with Crippen LogP contribution in [0.15, 0.2) is 23.2 Å². The average Bonchev–Trinajstić information content (AvgIpc) is 3.14. The van der Waals surface area contributed by atoms with E-state index in [-0.39, 0.29) is 5.60 Å². The Morgan fingerprint density at radius 3 is 2.96 bits per heavy atom. The summed E-state index contributed by atoms with van der Waals surface area (Å²) in [6, 6.07) is 6.87. The Balaban J connectivity index is 1.36. The van der Waals surface area contributed by atoms with Crippen molar-refractivity contribution in [2.45, 2.75) is 25.4 Å². The van der Waals surface area contributed by atoms with Crippen molar-refractivity contribution in [1.29, 1.82) is 0 Å². The standard InChI is InChI=1S/C17H20N4OS/c1-11-3-2-4-13-14(11)23-16(19-13)20-15-18-9-17(22-15)10-21-7-5-12(17)6-8-21/h2-4,12H,5-10H2,1H3,(H,18,19,20). The highest BCUT2D eigenvalue weighted by atomic mass is 32.1. The van der Waals surface area contributed by atoms with Crippen molar-refractivity contribution < 1.29 is 4.74 Å². The first-order valence-electron chi connectivity index (χ1n) is 8.31. The Kier molecular flexibility index (Phi) is 2.94. The quantitative estimate of drug-likeness (QED) is 0.874. The molecule has 23 heavy (non-hydrogen) atoms. The zero-order chi connectivity index (χ0) is 15.4. The molecule has 1 aromatic carbocycles. The van der Waals surface area contributed by atoms with Gasteiger partial charge in [-0.2, -0.15) is 0 Å². The minimum Gasteiger partial charge on any atom is -0.455 e. The molecule has 1 unspecified atom stereocenters. The molecule has 0 amide bonds. The molecule has 6 heteroatoms. The van der Waals surface area contributed by atoms with E-state index in [9.17, 15) is 0 Å². The molecule has 1 atom stereocenters. The average molecular weight is 328 g/mol. The third-order valence-corrected chi connectivity index (χ3v) is 6.56. The Morgan fingerprint density at radius 2 is 2.22 bits per heavy atom. The topological polar surface area (TPSA) is 49.8 Å². The molecule has 0 radical (unpaired) electrons. The molecule has 2 aromatic rings. The van der Waals surface area contributed by atoms with Crippen LogP contribution < -0.4 is 5.32 Å². The summed E-state index contributed by atoms with van der Waals surface area (Å²) in [4.78, 5) is 11.8. The fraction of sp³-hybridized carbons (Fsp3) is 0.529. The molecule has 6 rings (SSSR count). The minimum atomic E-state index is -0.0918. The van der Waals surface area contributed by atoms with Crippen LogP contribution in [-0.2, 0) is 4.74 Å². The van der Waals surface area contributed by atoms with Gasteiger partial charge in [-0.3, -0.25) is 10.2 Å². The second-order valence-electron chi connectivity index (χ2n) is 6.91. The molecule has 3 saturated heterocycles. The van der Waals surface area contributed by atoms with Crippen LogP contribution in [0.25, 0.3) is 10.2 Å². The lowest BCUT2D eigenvalue weighted by molar-refractivity contribution is -0.0829. The van der Waals surface area contributed by atoms with Gasteiger partial charge in [0.1, 0.15) is 5.60 Å². The number of benzene rings is 1. The fourth-order valence-electron chi connectivity index (χ4n) is 4.18. The zero-order valence-corrected chi connectivity index (χ0v) is 14.0. The van der Waals surface area contributed by atoms with E-state index >= 15 is 0 Å². The van der Waals surface area contributed by atoms with Crippen molar-refractivity contribution >= 4 is 32.7 Å². The van der Waals surface area contributed by atoms with E-state index in [0.717, 1.165) is 23.7 Å².